The van der Waals surface area contributed by atoms with Gasteiger partial charge in [0.2, 0.25) is 0 Å². The van der Waals surface area contributed by atoms with Crippen LogP contribution in [0.25, 0.3) is 0 Å². The summed E-state index contributed by atoms with van der Waals surface area (Å²) in [5, 5.41) is 9.73. The van der Waals surface area contributed by atoms with Gasteiger partial charge in [-0.2, -0.15) is 0 Å². The lowest BCUT2D eigenvalue weighted by molar-refractivity contribution is 0.0968. The number of anilines is 1. The molecule has 0 aromatic carbocycles. The van der Waals surface area contributed by atoms with E-state index in [1.54, 1.807) is 0 Å². The summed E-state index contributed by atoms with van der Waals surface area (Å²) in [6, 6.07) is 1.95. The van der Waals surface area contributed by atoms with Crippen LogP contribution in [0.3, 0.4) is 0 Å². The van der Waals surface area contributed by atoms with E-state index in [2.05, 4.69) is 37.7 Å². The predicted octanol–water partition coefficient (Wildman–Crippen LogP) is 2.01. The number of rotatable bonds is 2. The molecule has 1 fully saturated rings. The summed E-state index contributed by atoms with van der Waals surface area (Å²) in [5.41, 5.74) is 0. The number of halogens is 1. The minimum Gasteiger partial charge on any atom is -0.393 e. The van der Waals surface area contributed by atoms with Crippen LogP contribution in [0.5, 0.6) is 0 Å². The van der Waals surface area contributed by atoms with Crippen LogP contribution in [0.15, 0.2) is 10.7 Å². The molecule has 94 valence electrons. The Bertz CT molecular complexity index is 399. The Balaban J connectivity index is 2.19. The maximum absolute atomic E-state index is 9.73. The van der Waals surface area contributed by atoms with Gasteiger partial charge in [-0.3, -0.25) is 0 Å². The molecule has 4 nitrogen and oxygen atoms in total. The molecule has 2 atom stereocenters. The fourth-order valence-corrected chi connectivity index (χ4v) is 2.52. The Hall–Kier alpha value is -0.680. The molecular formula is C12H18BrN3O. The van der Waals surface area contributed by atoms with Crippen LogP contribution in [0.2, 0.25) is 0 Å². The molecule has 1 aliphatic heterocycles. The van der Waals surface area contributed by atoms with E-state index in [-0.39, 0.29) is 6.10 Å². The smallest absolute Gasteiger partial charge is 0.133 e. The van der Waals surface area contributed by atoms with Gasteiger partial charge in [0.1, 0.15) is 16.2 Å². The largest absolute Gasteiger partial charge is 0.393 e. The fourth-order valence-electron chi connectivity index (χ4n) is 2.11. The van der Waals surface area contributed by atoms with Gasteiger partial charge < -0.3 is 10.0 Å². The van der Waals surface area contributed by atoms with Gasteiger partial charge in [0.25, 0.3) is 0 Å². The molecule has 0 amide bonds. The summed E-state index contributed by atoms with van der Waals surface area (Å²) in [6.45, 7) is 5.84. The van der Waals surface area contributed by atoms with Gasteiger partial charge in [0.05, 0.1) is 6.10 Å². The van der Waals surface area contributed by atoms with E-state index in [1.807, 2.05) is 13.0 Å². The maximum Gasteiger partial charge on any atom is 0.133 e. The Morgan fingerprint density at radius 3 is 2.94 bits per heavy atom. The molecule has 1 aromatic heterocycles. The average Bonchev–Trinajstić information content (AvgIpc) is 2.32. The molecule has 0 aliphatic carbocycles. The first-order valence-electron chi connectivity index (χ1n) is 6.06. The predicted molar refractivity (Wildman–Crippen MR) is 71.1 cm³/mol. The number of aromatic nitrogens is 2. The monoisotopic (exact) mass is 299 g/mol. The zero-order valence-corrected chi connectivity index (χ0v) is 11.8. The van der Waals surface area contributed by atoms with E-state index in [4.69, 9.17) is 0 Å². The number of aliphatic hydroxyl groups is 1. The number of piperidine rings is 1. The second-order valence-electron chi connectivity index (χ2n) is 4.60. The highest BCUT2D eigenvalue weighted by Crippen LogP contribution is 2.23. The lowest BCUT2D eigenvalue weighted by Gasteiger charge is -2.35. The lowest BCUT2D eigenvalue weighted by atomic mass is 9.97. The second-order valence-corrected chi connectivity index (χ2v) is 5.41. The van der Waals surface area contributed by atoms with Crippen LogP contribution < -0.4 is 4.90 Å². The van der Waals surface area contributed by atoms with Crippen LogP contribution in [0.1, 0.15) is 26.1 Å². The van der Waals surface area contributed by atoms with Crippen molar-refractivity contribution in [3.8, 4) is 0 Å². The molecule has 0 saturated carbocycles. The van der Waals surface area contributed by atoms with Crippen LogP contribution in [0.4, 0.5) is 5.82 Å². The van der Waals surface area contributed by atoms with Crippen LogP contribution in [0, 0.1) is 5.92 Å². The Labute approximate surface area is 110 Å². The van der Waals surface area contributed by atoms with E-state index in [9.17, 15) is 5.11 Å². The summed E-state index contributed by atoms with van der Waals surface area (Å²) >= 11 is 3.42. The van der Waals surface area contributed by atoms with Gasteiger partial charge in [0, 0.05) is 25.6 Å². The van der Waals surface area contributed by atoms with Crippen molar-refractivity contribution in [1.82, 2.24) is 9.97 Å². The third kappa shape index (κ3) is 2.96. The molecule has 1 aliphatic rings. The minimum absolute atomic E-state index is 0.179. The van der Waals surface area contributed by atoms with Crippen molar-refractivity contribution in [3.63, 3.8) is 0 Å². The topological polar surface area (TPSA) is 49.2 Å². The Kier molecular flexibility index (Phi) is 3.99. The molecule has 0 radical (unpaired) electrons. The van der Waals surface area contributed by atoms with Gasteiger partial charge in [-0.05, 0) is 28.3 Å². The second kappa shape index (κ2) is 5.31. The lowest BCUT2D eigenvalue weighted by Crippen LogP contribution is -2.42. The number of hydrogen-bond acceptors (Lipinski definition) is 4. The molecular weight excluding hydrogens is 282 g/mol. The summed E-state index contributed by atoms with van der Waals surface area (Å²) in [6.07, 6.45) is 1.46. The maximum atomic E-state index is 9.73. The molecule has 0 bridgehead atoms. The Morgan fingerprint density at radius 2 is 2.29 bits per heavy atom. The van der Waals surface area contributed by atoms with Gasteiger partial charge >= 0.3 is 0 Å². The molecule has 2 rings (SSSR count). The van der Waals surface area contributed by atoms with Crippen molar-refractivity contribution in [2.24, 2.45) is 5.92 Å². The van der Waals surface area contributed by atoms with Crippen LogP contribution >= 0.6 is 15.9 Å². The van der Waals surface area contributed by atoms with Crippen molar-refractivity contribution in [1.29, 1.82) is 0 Å². The van der Waals surface area contributed by atoms with Crippen molar-refractivity contribution < 1.29 is 5.11 Å². The highest BCUT2D eigenvalue weighted by molar-refractivity contribution is 9.10. The van der Waals surface area contributed by atoms with Crippen LogP contribution in [-0.2, 0) is 6.42 Å². The molecule has 1 aromatic rings. The average molecular weight is 300 g/mol. The van der Waals surface area contributed by atoms with Gasteiger partial charge in [0.15, 0.2) is 0 Å². The standard InChI is InChI=1S/C12H18BrN3O/c1-3-11-14-10(13)6-12(15-11)16-5-4-9(17)8(2)7-16/h6,8-9,17H,3-5,7H2,1-2H3. The van der Waals surface area contributed by atoms with Gasteiger partial charge in [-0.15, -0.1) is 0 Å². The van der Waals surface area contributed by atoms with Crippen molar-refractivity contribution in [3.05, 3.63) is 16.5 Å². The fraction of sp³-hybridized carbons (Fsp3) is 0.667. The first-order valence-corrected chi connectivity index (χ1v) is 6.86. The van der Waals surface area contributed by atoms with Crippen molar-refractivity contribution in [2.45, 2.75) is 32.8 Å². The summed E-state index contributed by atoms with van der Waals surface area (Å²) in [4.78, 5) is 11.1. The molecule has 2 unspecified atom stereocenters. The molecule has 1 N–H and O–H groups in total. The highest BCUT2D eigenvalue weighted by atomic mass is 79.9. The number of nitrogens with zero attached hydrogens (tertiary/aromatic N) is 3. The van der Waals surface area contributed by atoms with E-state index in [0.29, 0.717) is 5.92 Å². The van der Waals surface area contributed by atoms with E-state index >= 15 is 0 Å². The normalized spacial score (nSPS) is 25.1. The van der Waals surface area contributed by atoms with Gasteiger partial charge in [-0.1, -0.05) is 13.8 Å². The summed E-state index contributed by atoms with van der Waals surface area (Å²) in [5.74, 6) is 2.11. The number of aryl methyl sites for hydroxylation is 1. The number of hydrogen-bond donors (Lipinski definition) is 1. The Morgan fingerprint density at radius 1 is 1.53 bits per heavy atom. The minimum atomic E-state index is -0.179. The van der Waals surface area contributed by atoms with E-state index in [0.717, 1.165) is 42.2 Å². The zero-order chi connectivity index (χ0) is 12.4. The SMILES string of the molecule is CCc1nc(Br)cc(N2CCC(O)C(C)C2)n1. The summed E-state index contributed by atoms with van der Waals surface area (Å²) in [7, 11) is 0. The first-order chi connectivity index (χ1) is 8.10. The molecule has 17 heavy (non-hydrogen) atoms. The third-order valence-corrected chi connectivity index (χ3v) is 3.63. The quantitative estimate of drug-likeness (QED) is 0.849. The molecule has 1 saturated heterocycles. The van der Waals surface area contributed by atoms with E-state index in [1.165, 1.54) is 0 Å². The molecule has 5 heteroatoms. The highest BCUT2D eigenvalue weighted by Gasteiger charge is 2.25. The molecule has 0 spiro atoms. The molecule has 2 heterocycles. The van der Waals surface area contributed by atoms with E-state index < -0.39 is 0 Å². The van der Waals surface area contributed by atoms with Crippen molar-refractivity contribution >= 4 is 21.7 Å². The first kappa shape index (κ1) is 12.8. The number of aliphatic hydroxyl groups excluding tert-OH is 1. The zero-order valence-electron chi connectivity index (χ0n) is 10.2. The van der Waals surface area contributed by atoms with Gasteiger partial charge in [-0.25, -0.2) is 9.97 Å². The third-order valence-electron chi connectivity index (χ3n) is 3.23. The van der Waals surface area contributed by atoms with Crippen molar-refractivity contribution in [2.75, 3.05) is 18.0 Å². The summed E-state index contributed by atoms with van der Waals surface area (Å²) < 4.78 is 0.832. The van der Waals surface area contributed by atoms with Crippen LogP contribution in [-0.4, -0.2) is 34.3 Å².